The Bertz CT molecular complexity index is 499. The van der Waals surface area contributed by atoms with Gasteiger partial charge in [0.1, 0.15) is 11.2 Å². The van der Waals surface area contributed by atoms with Gasteiger partial charge in [0.2, 0.25) is 0 Å². The van der Waals surface area contributed by atoms with Crippen molar-refractivity contribution >= 4 is 5.97 Å². The van der Waals surface area contributed by atoms with Crippen molar-refractivity contribution in [3.05, 3.63) is 11.6 Å². The van der Waals surface area contributed by atoms with Crippen LogP contribution in [0.4, 0.5) is 0 Å². The van der Waals surface area contributed by atoms with E-state index >= 15 is 0 Å². The Kier molecular flexibility index (Phi) is 3.27. The minimum absolute atomic E-state index is 0.273. The molecular formula is C17H26O4. The molecule has 5 unspecified atom stereocenters. The zero-order valence-corrected chi connectivity index (χ0v) is 13.7. The maximum Gasteiger partial charge on any atom is 0.303 e. The van der Waals surface area contributed by atoms with E-state index in [0.717, 1.165) is 24.8 Å². The molecule has 2 aliphatic carbocycles. The minimum Gasteiger partial charge on any atom is -0.452 e. The van der Waals surface area contributed by atoms with Crippen LogP contribution in [0.25, 0.3) is 0 Å². The van der Waals surface area contributed by atoms with Crippen LogP contribution in [0.15, 0.2) is 11.6 Å². The van der Waals surface area contributed by atoms with Gasteiger partial charge in [-0.05, 0) is 46.1 Å². The molecule has 3 aliphatic rings. The largest absolute Gasteiger partial charge is 0.452 e. The average molecular weight is 294 g/mol. The summed E-state index contributed by atoms with van der Waals surface area (Å²) in [4.78, 5) is 11.7. The van der Waals surface area contributed by atoms with Crippen LogP contribution in [0.2, 0.25) is 0 Å². The first-order valence-electron chi connectivity index (χ1n) is 7.99. The van der Waals surface area contributed by atoms with Crippen LogP contribution >= 0.6 is 0 Å². The van der Waals surface area contributed by atoms with E-state index in [1.165, 1.54) is 13.3 Å². The first-order valence-corrected chi connectivity index (χ1v) is 7.99. The van der Waals surface area contributed by atoms with Crippen LogP contribution in [0, 0.1) is 5.92 Å². The van der Waals surface area contributed by atoms with Gasteiger partial charge in [-0.15, -0.1) is 0 Å². The Morgan fingerprint density at radius 3 is 2.71 bits per heavy atom. The van der Waals surface area contributed by atoms with Crippen molar-refractivity contribution in [3.63, 3.8) is 0 Å². The number of carbonyl (C=O) groups is 1. The SMILES string of the molecule is CC(=O)OC1(C)C(C)=CC2CCCCC23OC(C)OC13C. The fraction of sp³-hybridized carbons (Fsp3) is 0.824. The van der Waals surface area contributed by atoms with Crippen molar-refractivity contribution in [2.24, 2.45) is 5.92 Å². The smallest absolute Gasteiger partial charge is 0.303 e. The number of ether oxygens (including phenoxy) is 3. The lowest BCUT2D eigenvalue weighted by Gasteiger charge is -2.57. The number of hydrogen-bond acceptors (Lipinski definition) is 4. The average Bonchev–Trinajstić information content (AvgIpc) is 2.64. The molecular weight excluding hydrogens is 268 g/mol. The summed E-state index contributed by atoms with van der Waals surface area (Å²) in [6.45, 7) is 9.47. The molecule has 1 aliphatic heterocycles. The summed E-state index contributed by atoms with van der Waals surface area (Å²) >= 11 is 0. The van der Waals surface area contributed by atoms with Crippen LogP contribution in [0.3, 0.4) is 0 Å². The normalized spacial score (nSPS) is 49.1. The molecule has 1 saturated carbocycles. The molecule has 3 rings (SSSR count). The summed E-state index contributed by atoms with van der Waals surface area (Å²) in [5.74, 6) is 0.0591. The zero-order valence-electron chi connectivity index (χ0n) is 13.7. The molecule has 118 valence electrons. The van der Waals surface area contributed by atoms with Crippen LogP contribution in [0.1, 0.15) is 60.3 Å². The van der Waals surface area contributed by atoms with E-state index in [4.69, 9.17) is 14.2 Å². The first kappa shape index (κ1) is 15.0. The van der Waals surface area contributed by atoms with Crippen LogP contribution in [-0.4, -0.2) is 29.1 Å². The van der Waals surface area contributed by atoms with Crippen molar-refractivity contribution in [2.45, 2.75) is 83.4 Å². The second-order valence-electron chi connectivity index (χ2n) is 7.05. The van der Waals surface area contributed by atoms with E-state index in [1.807, 2.05) is 20.8 Å². The van der Waals surface area contributed by atoms with Crippen molar-refractivity contribution in [3.8, 4) is 0 Å². The highest BCUT2D eigenvalue weighted by Gasteiger charge is 2.72. The van der Waals surface area contributed by atoms with Gasteiger partial charge in [-0.25, -0.2) is 0 Å². The van der Waals surface area contributed by atoms with Crippen molar-refractivity contribution in [2.75, 3.05) is 0 Å². The second kappa shape index (κ2) is 4.56. The molecule has 1 saturated heterocycles. The van der Waals surface area contributed by atoms with Gasteiger partial charge in [0.25, 0.3) is 0 Å². The first-order chi connectivity index (χ1) is 9.75. The maximum absolute atomic E-state index is 11.7. The molecule has 0 radical (unpaired) electrons. The number of hydrogen-bond donors (Lipinski definition) is 0. The standard InChI is InChI=1S/C17H26O4/c1-11-10-14-8-6-7-9-17(14)16(5,20-13(3)21-17)15(11,4)19-12(2)18/h10,13-14H,6-9H2,1-5H3. The molecule has 0 bridgehead atoms. The molecule has 4 heteroatoms. The molecule has 0 aromatic heterocycles. The summed E-state index contributed by atoms with van der Waals surface area (Å²) in [6.07, 6.45) is 6.40. The molecule has 0 N–H and O–H groups in total. The van der Waals surface area contributed by atoms with Gasteiger partial charge in [0, 0.05) is 12.8 Å². The molecule has 0 aromatic carbocycles. The quantitative estimate of drug-likeness (QED) is 0.549. The Balaban J connectivity index is 2.16. The molecule has 21 heavy (non-hydrogen) atoms. The lowest BCUT2D eigenvalue weighted by Crippen LogP contribution is -2.70. The van der Waals surface area contributed by atoms with Gasteiger partial charge < -0.3 is 14.2 Å². The topological polar surface area (TPSA) is 44.8 Å². The van der Waals surface area contributed by atoms with E-state index in [0.29, 0.717) is 5.92 Å². The van der Waals surface area contributed by atoms with Gasteiger partial charge in [0.05, 0.1) is 0 Å². The monoisotopic (exact) mass is 294 g/mol. The summed E-state index contributed by atoms with van der Waals surface area (Å²) in [5.41, 5.74) is -0.735. The lowest BCUT2D eigenvalue weighted by atomic mass is 9.56. The Hall–Kier alpha value is -0.870. The van der Waals surface area contributed by atoms with Gasteiger partial charge in [-0.1, -0.05) is 18.9 Å². The van der Waals surface area contributed by atoms with Gasteiger partial charge >= 0.3 is 5.97 Å². The number of carbonyl (C=O) groups excluding carboxylic acids is 1. The van der Waals surface area contributed by atoms with E-state index in [9.17, 15) is 4.79 Å². The van der Waals surface area contributed by atoms with E-state index < -0.39 is 11.2 Å². The molecule has 4 nitrogen and oxygen atoms in total. The second-order valence-corrected chi connectivity index (χ2v) is 7.05. The third-order valence-electron chi connectivity index (χ3n) is 5.96. The van der Waals surface area contributed by atoms with E-state index in [1.54, 1.807) is 0 Å². The van der Waals surface area contributed by atoms with E-state index in [-0.39, 0.29) is 17.9 Å². The zero-order chi connectivity index (χ0) is 15.5. The minimum atomic E-state index is -0.780. The predicted octanol–water partition coefficient (Wildman–Crippen LogP) is 3.35. The molecule has 5 atom stereocenters. The third kappa shape index (κ3) is 1.78. The highest BCUT2D eigenvalue weighted by molar-refractivity contribution is 5.67. The van der Waals surface area contributed by atoms with Gasteiger partial charge in [-0.3, -0.25) is 4.79 Å². The molecule has 2 fully saturated rings. The summed E-state index contributed by atoms with van der Waals surface area (Å²) in [7, 11) is 0. The third-order valence-corrected chi connectivity index (χ3v) is 5.96. The highest BCUT2D eigenvalue weighted by atomic mass is 16.8. The fourth-order valence-corrected chi connectivity index (χ4v) is 4.81. The van der Waals surface area contributed by atoms with Gasteiger partial charge in [-0.2, -0.15) is 0 Å². The fourth-order valence-electron chi connectivity index (χ4n) is 4.81. The van der Waals surface area contributed by atoms with E-state index in [2.05, 4.69) is 13.0 Å². The summed E-state index contributed by atoms with van der Waals surface area (Å²) in [5, 5.41) is 0. The van der Waals surface area contributed by atoms with Crippen LogP contribution in [-0.2, 0) is 19.0 Å². The Morgan fingerprint density at radius 2 is 2.05 bits per heavy atom. The van der Waals surface area contributed by atoms with Crippen LogP contribution in [0.5, 0.6) is 0 Å². The predicted molar refractivity (Wildman–Crippen MR) is 78.7 cm³/mol. The van der Waals surface area contributed by atoms with Crippen LogP contribution < -0.4 is 0 Å². The molecule has 0 amide bonds. The van der Waals surface area contributed by atoms with Crippen molar-refractivity contribution in [1.82, 2.24) is 0 Å². The Labute approximate surface area is 126 Å². The van der Waals surface area contributed by atoms with Crippen molar-refractivity contribution < 1.29 is 19.0 Å². The molecule has 1 spiro atoms. The number of esters is 1. The highest BCUT2D eigenvalue weighted by Crippen LogP contribution is 2.60. The van der Waals surface area contributed by atoms with Crippen molar-refractivity contribution in [1.29, 1.82) is 0 Å². The summed E-state index contributed by atoms with van der Waals surface area (Å²) in [6, 6.07) is 0. The summed E-state index contributed by atoms with van der Waals surface area (Å²) < 4.78 is 18.4. The molecule has 1 heterocycles. The molecule has 0 aromatic rings. The lowest BCUT2D eigenvalue weighted by molar-refractivity contribution is -0.208. The number of rotatable bonds is 1. The maximum atomic E-state index is 11.7. The Morgan fingerprint density at radius 1 is 1.33 bits per heavy atom. The van der Waals surface area contributed by atoms with Gasteiger partial charge in [0.15, 0.2) is 11.9 Å².